The van der Waals surface area contributed by atoms with Crippen LogP contribution in [0.3, 0.4) is 0 Å². The van der Waals surface area contributed by atoms with E-state index in [0.717, 1.165) is 5.39 Å². The number of hydrogen-bond acceptors (Lipinski definition) is 4. The fourth-order valence-corrected chi connectivity index (χ4v) is 3.18. The van der Waals surface area contributed by atoms with Crippen molar-refractivity contribution in [2.45, 2.75) is 12.3 Å². The first-order valence-corrected chi connectivity index (χ1v) is 8.27. The molecule has 4 rings (SSSR count). The highest BCUT2D eigenvalue weighted by Crippen LogP contribution is 2.23. The van der Waals surface area contributed by atoms with Crippen LogP contribution >= 0.6 is 0 Å². The molecule has 5 nitrogen and oxygen atoms in total. The van der Waals surface area contributed by atoms with E-state index in [2.05, 4.69) is 0 Å². The number of carbonyl (C=O) groups is 1. The molecule has 0 radical (unpaired) electrons. The van der Waals surface area contributed by atoms with Crippen molar-refractivity contribution in [3.63, 3.8) is 0 Å². The van der Waals surface area contributed by atoms with Crippen LogP contribution in [-0.2, 0) is 0 Å². The molecule has 6 heteroatoms. The Kier molecular flexibility index (Phi) is 4.05. The van der Waals surface area contributed by atoms with Gasteiger partial charge in [0.2, 0.25) is 0 Å². The number of nitrogens with zero attached hydrogens (tertiary/aromatic N) is 1. The van der Waals surface area contributed by atoms with E-state index in [4.69, 9.17) is 4.42 Å². The summed E-state index contributed by atoms with van der Waals surface area (Å²) in [5, 5.41) is 10.3. The quantitative estimate of drug-likeness (QED) is 0.719. The molecule has 132 valence electrons. The molecule has 3 aromatic rings. The Labute approximate surface area is 148 Å². The number of fused-ring (bicyclic) bond motifs is 1. The molecule has 1 amide bonds. The number of hydrogen-bond donors (Lipinski definition) is 1. The van der Waals surface area contributed by atoms with Gasteiger partial charge in [0.15, 0.2) is 0 Å². The minimum absolute atomic E-state index is 0.0393. The first kappa shape index (κ1) is 16.5. The molecule has 2 aromatic carbocycles. The number of aliphatic hydroxyl groups excluding tert-OH is 1. The molecule has 0 unspecified atom stereocenters. The van der Waals surface area contributed by atoms with E-state index in [-0.39, 0.29) is 19.0 Å². The molecule has 1 aliphatic rings. The minimum Gasteiger partial charge on any atom is -0.422 e. The molecule has 2 heterocycles. The average molecular weight is 353 g/mol. The van der Waals surface area contributed by atoms with E-state index in [0.29, 0.717) is 22.3 Å². The van der Waals surface area contributed by atoms with Gasteiger partial charge in [-0.2, -0.15) is 0 Å². The summed E-state index contributed by atoms with van der Waals surface area (Å²) in [7, 11) is 0. The third-order valence-corrected chi connectivity index (χ3v) is 4.57. The molecular weight excluding hydrogens is 337 g/mol. The van der Waals surface area contributed by atoms with E-state index in [9.17, 15) is 19.1 Å². The van der Waals surface area contributed by atoms with E-state index in [1.54, 1.807) is 42.5 Å². The number of aliphatic hydroxyl groups is 1. The molecule has 0 saturated carbocycles. The molecule has 0 bridgehead atoms. The Morgan fingerprint density at radius 2 is 1.92 bits per heavy atom. The zero-order chi connectivity index (χ0) is 18.3. The van der Waals surface area contributed by atoms with Gasteiger partial charge in [-0.25, -0.2) is 9.18 Å². The van der Waals surface area contributed by atoms with Gasteiger partial charge in [-0.05, 0) is 29.8 Å². The molecule has 1 aromatic heterocycles. The Morgan fingerprint density at radius 3 is 2.69 bits per heavy atom. The van der Waals surface area contributed by atoms with Crippen LogP contribution in [-0.4, -0.2) is 41.3 Å². The Hall–Kier alpha value is -2.99. The number of halogens is 1. The second kappa shape index (κ2) is 6.38. The zero-order valence-corrected chi connectivity index (χ0v) is 13.8. The van der Waals surface area contributed by atoms with Crippen molar-refractivity contribution in [1.82, 2.24) is 4.90 Å². The number of carbonyl (C=O) groups excluding carboxylic acids is 1. The Morgan fingerprint density at radius 1 is 1.12 bits per heavy atom. The number of amides is 1. The van der Waals surface area contributed by atoms with Crippen LogP contribution in [0.4, 0.5) is 4.39 Å². The van der Waals surface area contributed by atoms with Crippen LogP contribution in [0, 0.1) is 0 Å². The lowest BCUT2D eigenvalue weighted by atomic mass is 10.0. The maximum atomic E-state index is 13.5. The highest BCUT2D eigenvalue weighted by molar-refractivity contribution is 5.96. The van der Waals surface area contributed by atoms with Gasteiger partial charge >= 0.3 is 5.63 Å². The molecule has 0 spiro atoms. The van der Waals surface area contributed by atoms with E-state index in [1.807, 2.05) is 12.1 Å². The van der Waals surface area contributed by atoms with Gasteiger partial charge in [-0.1, -0.05) is 30.3 Å². The van der Waals surface area contributed by atoms with Gasteiger partial charge in [0.1, 0.15) is 17.9 Å². The van der Waals surface area contributed by atoms with Crippen molar-refractivity contribution in [2.75, 3.05) is 13.1 Å². The molecular formula is C20H16FNO4. The van der Waals surface area contributed by atoms with Gasteiger partial charge in [-0.3, -0.25) is 4.79 Å². The normalized spacial score (nSPS) is 19.8. The first-order valence-electron chi connectivity index (χ1n) is 8.27. The third kappa shape index (κ3) is 2.88. The molecule has 26 heavy (non-hydrogen) atoms. The molecule has 0 aliphatic carbocycles. The van der Waals surface area contributed by atoms with Crippen molar-refractivity contribution in [3.05, 3.63) is 70.6 Å². The Balaban J connectivity index is 1.71. The lowest BCUT2D eigenvalue weighted by molar-refractivity contribution is 0.0764. The predicted octanol–water partition coefficient (Wildman–Crippen LogP) is 2.61. The summed E-state index contributed by atoms with van der Waals surface area (Å²) in [5.41, 5.74) is 1.23. The lowest BCUT2D eigenvalue weighted by Crippen LogP contribution is -2.29. The largest absolute Gasteiger partial charge is 0.422 e. The maximum absolute atomic E-state index is 13.5. The second-order valence-corrected chi connectivity index (χ2v) is 6.36. The second-order valence-electron chi connectivity index (χ2n) is 6.36. The summed E-state index contributed by atoms with van der Waals surface area (Å²) in [6.45, 7) is -0.176. The van der Waals surface area contributed by atoms with Gasteiger partial charge < -0.3 is 14.4 Å². The fourth-order valence-electron chi connectivity index (χ4n) is 3.18. The first-order chi connectivity index (χ1) is 12.5. The third-order valence-electron chi connectivity index (χ3n) is 4.57. The zero-order valence-electron chi connectivity index (χ0n) is 13.8. The van der Waals surface area contributed by atoms with Crippen molar-refractivity contribution in [2.24, 2.45) is 0 Å². The number of benzene rings is 2. The summed E-state index contributed by atoms with van der Waals surface area (Å²) in [6.07, 6.45) is -2.59. The molecule has 2 atom stereocenters. The maximum Gasteiger partial charge on any atom is 0.344 e. The van der Waals surface area contributed by atoms with Crippen LogP contribution in [0.25, 0.3) is 22.1 Å². The highest BCUT2D eigenvalue weighted by atomic mass is 19.1. The van der Waals surface area contributed by atoms with Crippen molar-refractivity contribution in [3.8, 4) is 11.1 Å². The fraction of sp³-hybridized carbons (Fsp3) is 0.200. The van der Waals surface area contributed by atoms with Crippen LogP contribution in [0.15, 0.2) is 63.8 Å². The molecule has 1 N–H and O–H groups in total. The highest BCUT2D eigenvalue weighted by Gasteiger charge is 2.34. The summed E-state index contributed by atoms with van der Waals surface area (Å²) in [4.78, 5) is 26.2. The average Bonchev–Trinajstić information content (AvgIpc) is 2.99. The summed E-state index contributed by atoms with van der Waals surface area (Å²) >= 11 is 0. The molecule has 1 aliphatic heterocycles. The summed E-state index contributed by atoms with van der Waals surface area (Å²) in [6, 6.07) is 15.5. The smallest absolute Gasteiger partial charge is 0.344 e. The van der Waals surface area contributed by atoms with Crippen molar-refractivity contribution < 1.29 is 18.7 Å². The number of likely N-dealkylation sites (tertiary alicyclic amines) is 1. The lowest BCUT2D eigenvalue weighted by Gasteiger charge is -2.15. The van der Waals surface area contributed by atoms with Crippen LogP contribution < -0.4 is 5.63 Å². The monoisotopic (exact) mass is 353 g/mol. The number of rotatable bonds is 2. The number of β-amino-alcohol motifs (C(OH)–C–C–N with tert-alkyl or cyclic N) is 1. The number of alkyl halides is 1. The van der Waals surface area contributed by atoms with Crippen LogP contribution in [0.5, 0.6) is 0 Å². The van der Waals surface area contributed by atoms with Gasteiger partial charge in [0.25, 0.3) is 5.91 Å². The van der Waals surface area contributed by atoms with Crippen molar-refractivity contribution in [1.29, 1.82) is 0 Å². The molecule has 1 saturated heterocycles. The van der Waals surface area contributed by atoms with E-state index in [1.165, 1.54) is 4.90 Å². The van der Waals surface area contributed by atoms with E-state index >= 15 is 0 Å². The molecule has 1 fully saturated rings. The topological polar surface area (TPSA) is 70.8 Å². The van der Waals surface area contributed by atoms with Gasteiger partial charge in [0.05, 0.1) is 12.1 Å². The van der Waals surface area contributed by atoms with E-state index < -0.39 is 17.9 Å². The Bertz CT molecular complexity index is 1040. The van der Waals surface area contributed by atoms with Crippen LogP contribution in [0.1, 0.15) is 10.4 Å². The predicted molar refractivity (Wildman–Crippen MR) is 94.7 cm³/mol. The SMILES string of the molecule is O=C(c1cccc(-c2cc3ccccc3oc2=O)c1)N1C[C@@H](O)[C@H](F)C1. The summed E-state index contributed by atoms with van der Waals surface area (Å²) in [5.74, 6) is -0.378. The summed E-state index contributed by atoms with van der Waals surface area (Å²) < 4.78 is 18.8. The van der Waals surface area contributed by atoms with Crippen LogP contribution in [0.2, 0.25) is 0 Å². The van der Waals surface area contributed by atoms with Crippen molar-refractivity contribution >= 4 is 16.9 Å². The van der Waals surface area contributed by atoms with Gasteiger partial charge in [0, 0.05) is 17.5 Å². The number of para-hydroxylation sites is 1. The van der Waals surface area contributed by atoms with Gasteiger partial charge in [-0.15, -0.1) is 0 Å². The standard InChI is InChI=1S/C20H16FNO4/c21-16-10-22(11-17(16)23)19(24)14-6-3-5-12(8-14)15-9-13-4-1-2-7-18(13)26-20(15)25/h1-9,16-17,23H,10-11H2/t16-,17-/m1/s1. The minimum atomic E-state index is -1.44.